The van der Waals surface area contributed by atoms with Crippen LogP contribution in [0.3, 0.4) is 0 Å². The van der Waals surface area contributed by atoms with Crippen molar-refractivity contribution in [3.05, 3.63) is 46.9 Å². The highest BCUT2D eigenvalue weighted by atomic mass is 35.5. The number of H-pyrrole nitrogens is 1. The third kappa shape index (κ3) is 4.31. The maximum Gasteiger partial charge on any atom is 0.202 e. The molecule has 152 valence electrons. The van der Waals surface area contributed by atoms with Crippen molar-refractivity contribution in [3.63, 3.8) is 0 Å². The van der Waals surface area contributed by atoms with Gasteiger partial charge in [0.25, 0.3) is 0 Å². The highest BCUT2D eigenvalue weighted by molar-refractivity contribution is 6.31. The molecular formula is C19H21ClFN7O. The SMILES string of the molecule is CN1CCCC(Nc2nc3nccc(C(=Nc4ccc(F)c(Cl)c4)NO)c3[nH]2)C1. The number of nitrogens with one attached hydrogen (secondary N) is 3. The number of aromatic nitrogens is 3. The minimum atomic E-state index is -0.534. The number of nitrogens with zero attached hydrogens (tertiary/aromatic N) is 4. The van der Waals surface area contributed by atoms with Gasteiger partial charge in [0.05, 0.1) is 16.2 Å². The Balaban J connectivity index is 1.66. The number of hydrogen-bond acceptors (Lipinski definition) is 6. The highest BCUT2D eigenvalue weighted by Gasteiger charge is 2.19. The maximum absolute atomic E-state index is 13.4. The van der Waals surface area contributed by atoms with E-state index >= 15 is 0 Å². The first kappa shape index (κ1) is 19.6. The van der Waals surface area contributed by atoms with Gasteiger partial charge in [-0.15, -0.1) is 0 Å². The molecule has 0 spiro atoms. The predicted octanol–water partition coefficient (Wildman–Crippen LogP) is 3.31. The molecule has 0 saturated carbocycles. The number of imidazole rings is 1. The molecule has 1 atom stereocenters. The molecule has 0 amide bonds. The second-order valence-electron chi connectivity index (χ2n) is 7.06. The Morgan fingerprint density at radius 1 is 1.41 bits per heavy atom. The smallest absolute Gasteiger partial charge is 0.202 e. The molecule has 2 aromatic heterocycles. The van der Waals surface area contributed by atoms with Gasteiger partial charge in [-0.1, -0.05) is 11.6 Å². The lowest BCUT2D eigenvalue weighted by Crippen LogP contribution is -2.39. The number of piperidine rings is 1. The van der Waals surface area contributed by atoms with E-state index in [0.717, 1.165) is 25.9 Å². The number of halogens is 2. The minimum absolute atomic E-state index is 0.0473. The number of aromatic amines is 1. The third-order valence-corrected chi connectivity index (χ3v) is 5.15. The van der Waals surface area contributed by atoms with Crippen LogP contribution in [-0.4, -0.2) is 57.1 Å². The fourth-order valence-corrected chi connectivity index (χ4v) is 3.66. The molecule has 1 fully saturated rings. The Bertz CT molecular complexity index is 1050. The number of hydrogen-bond donors (Lipinski definition) is 4. The largest absolute Gasteiger partial charge is 0.352 e. The van der Waals surface area contributed by atoms with Crippen molar-refractivity contribution < 1.29 is 9.60 Å². The topological polar surface area (TPSA) is 101 Å². The fraction of sp³-hybridized carbons (Fsp3) is 0.316. The van der Waals surface area contributed by atoms with Crippen LogP contribution in [-0.2, 0) is 0 Å². The first-order valence-electron chi connectivity index (χ1n) is 9.27. The second kappa shape index (κ2) is 8.32. The first-order valence-corrected chi connectivity index (χ1v) is 9.65. The van der Waals surface area contributed by atoms with Crippen molar-refractivity contribution in [2.45, 2.75) is 18.9 Å². The monoisotopic (exact) mass is 417 g/mol. The molecule has 1 aromatic carbocycles. The summed E-state index contributed by atoms with van der Waals surface area (Å²) in [5.74, 6) is 0.239. The standard InChI is InChI=1S/C19H21ClFN7O/c1-28-8-2-3-12(10-28)24-19-25-16-13(6-7-22-18(16)26-19)17(27-29)23-11-4-5-15(21)14(20)9-11/h4-7,9,12,29H,2-3,8,10H2,1H3,(H,23,27)(H2,22,24,25,26). The van der Waals surface area contributed by atoms with Crippen molar-refractivity contribution in [3.8, 4) is 0 Å². The van der Waals surface area contributed by atoms with Gasteiger partial charge < -0.3 is 15.2 Å². The van der Waals surface area contributed by atoms with E-state index in [4.69, 9.17) is 11.6 Å². The van der Waals surface area contributed by atoms with Crippen molar-refractivity contribution >= 4 is 40.2 Å². The van der Waals surface area contributed by atoms with Crippen LogP contribution >= 0.6 is 11.6 Å². The van der Waals surface area contributed by atoms with E-state index in [1.165, 1.54) is 18.2 Å². The minimum Gasteiger partial charge on any atom is -0.352 e. The van der Waals surface area contributed by atoms with Crippen LogP contribution in [0.5, 0.6) is 0 Å². The maximum atomic E-state index is 13.4. The van der Waals surface area contributed by atoms with Gasteiger partial charge in [-0.3, -0.25) is 10.7 Å². The summed E-state index contributed by atoms with van der Waals surface area (Å²) in [5, 5.41) is 13.0. The number of hydroxylamine groups is 1. The molecule has 10 heteroatoms. The number of likely N-dealkylation sites (tertiary alicyclic amines) is 1. The number of aliphatic imine (C=N–C) groups is 1. The van der Waals surface area contributed by atoms with Crippen LogP contribution in [0.4, 0.5) is 16.0 Å². The summed E-state index contributed by atoms with van der Waals surface area (Å²) in [4.78, 5) is 18.6. The van der Waals surface area contributed by atoms with E-state index in [1.807, 2.05) is 0 Å². The molecule has 0 radical (unpaired) electrons. The molecule has 3 aromatic rings. The quantitative estimate of drug-likeness (QED) is 0.295. The molecule has 1 unspecified atom stereocenters. The van der Waals surface area contributed by atoms with E-state index in [2.05, 4.69) is 42.7 Å². The fourth-order valence-electron chi connectivity index (χ4n) is 3.48. The zero-order valence-electron chi connectivity index (χ0n) is 15.8. The van der Waals surface area contributed by atoms with Gasteiger partial charge >= 0.3 is 0 Å². The van der Waals surface area contributed by atoms with Crippen molar-refractivity contribution in [1.82, 2.24) is 25.3 Å². The molecule has 1 aliphatic rings. The van der Waals surface area contributed by atoms with Crippen molar-refractivity contribution in [1.29, 1.82) is 0 Å². The molecule has 1 aliphatic heterocycles. The lowest BCUT2D eigenvalue weighted by atomic mass is 10.1. The van der Waals surface area contributed by atoms with Gasteiger partial charge in [0.2, 0.25) is 5.95 Å². The molecule has 29 heavy (non-hydrogen) atoms. The molecule has 8 nitrogen and oxygen atoms in total. The summed E-state index contributed by atoms with van der Waals surface area (Å²) in [6, 6.07) is 6.06. The van der Waals surface area contributed by atoms with Crippen LogP contribution in [0.1, 0.15) is 18.4 Å². The van der Waals surface area contributed by atoms with Gasteiger partial charge in [0.15, 0.2) is 11.5 Å². The van der Waals surface area contributed by atoms with Gasteiger partial charge in [-0.2, -0.15) is 4.98 Å². The van der Waals surface area contributed by atoms with Gasteiger partial charge in [0.1, 0.15) is 5.82 Å². The summed E-state index contributed by atoms with van der Waals surface area (Å²) in [7, 11) is 2.10. The molecule has 3 heterocycles. The van der Waals surface area contributed by atoms with E-state index < -0.39 is 5.82 Å². The normalized spacial score (nSPS) is 18.2. The second-order valence-corrected chi connectivity index (χ2v) is 7.47. The van der Waals surface area contributed by atoms with E-state index in [9.17, 15) is 9.60 Å². The summed E-state index contributed by atoms with van der Waals surface area (Å²) < 4.78 is 13.4. The molecule has 1 saturated heterocycles. The number of pyridine rings is 1. The number of anilines is 1. The van der Waals surface area contributed by atoms with Crippen LogP contribution in [0.2, 0.25) is 5.02 Å². The number of fused-ring (bicyclic) bond motifs is 1. The van der Waals surface area contributed by atoms with Gasteiger partial charge in [-0.05, 0) is 50.7 Å². The summed E-state index contributed by atoms with van der Waals surface area (Å²) in [5.41, 5.74) is 4.17. The molecule has 0 bridgehead atoms. The van der Waals surface area contributed by atoms with Gasteiger partial charge in [0, 0.05) is 24.3 Å². The Morgan fingerprint density at radius 2 is 2.28 bits per heavy atom. The third-order valence-electron chi connectivity index (χ3n) is 4.86. The molecule has 0 aliphatic carbocycles. The number of likely N-dealkylation sites (N-methyl/N-ethyl adjacent to an activating group) is 1. The first-order chi connectivity index (χ1) is 14.0. The Labute approximate surface area is 171 Å². The molecule has 4 N–H and O–H groups in total. The zero-order valence-corrected chi connectivity index (χ0v) is 16.5. The summed E-state index contributed by atoms with van der Waals surface area (Å²) in [6.45, 7) is 2.03. The highest BCUT2D eigenvalue weighted by Crippen LogP contribution is 2.24. The van der Waals surface area contributed by atoms with Crippen LogP contribution in [0, 0.1) is 5.82 Å². The van der Waals surface area contributed by atoms with Crippen LogP contribution in [0.15, 0.2) is 35.5 Å². The lowest BCUT2D eigenvalue weighted by Gasteiger charge is -2.29. The van der Waals surface area contributed by atoms with Crippen molar-refractivity contribution in [2.75, 3.05) is 25.5 Å². The Hall–Kier alpha value is -2.75. The number of amidine groups is 1. The Morgan fingerprint density at radius 3 is 3.03 bits per heavy atom. The lowest BCUT2D eigenvalue weighted by molar-refractivity contribution is 0.235. The van der Waals surface area contributed by atoms with Gasteiger partial charge in [-0.25, -0.2) is 14.4 Å². The average Bonchev–Trinajstić information content (AvgIpc) is 3.11. The van der Waals surface area contributed by atoms with Crippen LogP contribution < -0.4 is 10.8 Å². The van der Waals surface area contributed by atoms with E-state index in [-0.39, 0.29) is 10.9 Å². The Kier molecular flexibility index (Phi) is 5.61. The van der Waals surface area contributed by atoms with Crippen molar-refractivity contribution in [2.24, 2.45) is 4.99 Å². The zero-order chi connectivity index (χ0) is 20.4. The van der Waals surface area contributed by atoms with E-state index in [0.29, 0.717) is 34.4 Å². The summed E-state index contributed by atoms with van der Waals surface area (Å²) in [6.07, 6.45) is 3.78. The number of benzene rings is 1. The van der Waals surface area contributed by atoms with Crippen LogP contribution in [0.25, 0.3) is 11.2 Å². The molecule has 4 rings (SSSR count). The average molecular weight is 418 g/mol. The predicted molar refractivity (Wildman–Crippen MR) is 111 cm³/mol. The molecular weight excluding hydrogens is 397 g/mol. The number of rotatable bonds is 4. The van der Waals surface area contributed by atoms with E-state index in [1.54, 1.807) is 12.3 Å². The summed E-state index contributed by atoms with van der Waals surface area (Å²) >= 11 is 5.82.